The monoisotopic (exact) mass is 553 g/mol. The molecule has 3 aromatic rings. The third-order valence-corrected chi connectivity index (χ3v) is 7.13. The van der Waals surface area contributed by atoms with E-state index in [4.69, 9.17) is 4.99 Å². The fraction of sp³-hybridized carbons (Fsp3) is 0.333. The van der Waals surface area contributed by atoms with E-state index in [1.165, 1.54) is 0 Å². The quantitative estimate of drug-likeness (QED) is 0.318. The first-order valence-corrected chi connectivity index (χ1v) is 14.0. The van der Waals surface area contributed by atoms with E-state index in [9.17, 15) is 14.4 Å². The first-order valence-electron chi connectivity index (χ1n) is 14.0. The Kier molecular flexibility index (Phi) is 9.68. The van der Waals surface area contributed by atoms with Gasteiger partial charge in [0.25, 0.3) is 5.91 Å². The highest BCUT2D eigenvalue weighted by atomic mass is 16.2. The van der Waals surface area contributed by atoms with Gasteiger partial charge in [-0.05, 0) is 80.0 Å². The summed E-state index contributed by atoms with van der Waals surface area (Å²) in [7, 11) is 5.65. The van der Waals surface area contributed by atoms with Crippen molar-refractivity contribution in [2.45, 2.75) is 32.6 Å². The number of amides is 3. The lowest BCUT2D eigenvalue weighted by Crippen LogP contribution is -2.29. The van der Waals surface area contributed by atoms with E-state index in [1.54, 1.807) is 30.1 Å². The Morgan fingerprint density at radius 1 is 0.951 bits per heavy atom. The summed E-state index contributed by atoms with van der Waals surface area (Å²) in [6.07, 6.45) is 1.32. The molecule has 0 spiro atoms. The van der Waals surface area contributed by atoms with Gasteiger partial charge < -0.3 is 20.4 Å². The number of benzene rings is 3. The molecule has 3 aromatic carbocycles. The lowest BCUT2D eigenvalue weighted by atomic mass is 9.89. The maximum atomic E-state index is 13.4. The molecule has 1 heterocycles. The minimum Gasteiger partial charge on any atom is -0.352 e. The van der Waals surface area contributed by atoms with Gasteiger partial charge in [0.2, 0.25) is 11.8 Å². The Morgan fingerprint density at radius 2 is 1.66 bits per heavy atom. The van der Waals surface area contributed by atoms with Crippen molar-refractivity contribution >= 4 is 40.5 Å². The molecule has 41 heavy (non-hydrogen) atoms. The molecule has 0 saturated carbocycles. The number of anilines is 2. The van der Waals surface area contributed by atoms with Crippen LogP contribution in [0.1, 0.15) is 54.1 Å². The van der Waals surface area contributed by atoms with Crippen molar-refractivity contribution in [2.24, 2.45) is 10.9 Å². The predicted octanol–water partition coefficient (Wildman–Crippen LogP) is 5.23. The summed E-state index contributed by atoms with van der Waals surface area (Å²) in [6, 6.07) is 22.3. The molecule has 3 amide bonds. The van der Waals surface area contributed by atoms with Crippen molar-refractivity contribution in [1.29, 1.82) is 0 Å². The Bertz CT molecular complexity index is 1410. The fourth-order valence-corrected chi connectivity index (χ4v) is 4.68. The standard InChI is InChI=1S/C33H39N5O3/c1-22(2)17-19-34-32(40)24-11-16-28-27(21-24)30(33(41)36-28)31(23-9-7-6-8-10-23)35-25-12-14-26(15-13-25)38(5)29(39)18-20-37(3)4/h6-16,21-22,30H,17-20H2,1-5H3,(H,34,40)(H,36,41). The molecule has 0 aliphatic carbocycles. The van der Waals surface area contributed by atoms with Crippen LogP contribution in [0.2, 0.25) is 0 Å². The minimum atomic E-state index is -0.689. The summed E-state index contributed by atoms with van der Waals surface area (Å²) in [5.74, 6) is -0.523. The normalized spacial score (nSPS) is 14.7. The summed E-state index contributed by atoms with van der Waals surface area (Å²) < 4.78 is 0. The van der Waals surface area contributed by atoms with Crippen molar-refractivity contribution in [3.05, 3.63) is 89.5 Å². The minimum absolute atomic E-state index is 0.0307. The van der Waals surface area contributed by atoms with Crippen LogP contribution >= 0.6 is 0 Å². The van der Waals surface area contributed by atoms with Crippen LogP contribution in [0.5, 0.6) is 0 Å². The van der Waals surface area contributed by atoms with Crippen LogP contribution in [-0.4, -0.2) is 62.6 Å². The Balaban J connectivity index is 1.65. The molecular weight excluding hydrogens is 514 g/mol. The van der Waals surface area contributed by atoms with Crippen molar-refractivity contribution in [3.8, 4) is 0 Å². The second kappa shape index (κ2) is 13.4. The van der Waals surface area contributed by atoms with Crippen LogP contribution < -0.4 is 15.5 Å². The third-order valence-electron chi connectivity index (χ3n) is 7.13. The zero-order chi connectivity index (χ0) is 29.5. The van der Waals surface area contributed by atoms with Gasteiger partial charge in [0.05, 0.1) is 11.4 Å². The number of carbonyl (C=O) groups is 3. The molecule has 214 valence electrons. The molecule has 4 rings (SSSR count). The highest BCUT2D eigenvalue weighted by Gasteiger charge is 2.36. The van der Waals surface area contributed by atoms with Crippen LogP contribution in [0.15, 0.2) is 77.8 Å². The third kappa shape index (κ3) is 7.46. The van der Waals surface area contributed by atoms with E-state index in [-0.39, 0.29) is 17.7 Å². The van der Waals surface area contributed by atoms with Gasteiger partial charge in [-0.15, -0.1) is 0 Å². The first kappa shape index (κ1) is 29.7. The van der Waals surface area contributed by atoms with Crippen molar-refractivity contribution < 1.29 is 14.4 Å². The summed E-state index contributed by atoms with van der Waals surface area (Å²) in [4.78, 5) is 47.4. The lowest BCUT2D eigenvalue weighted by Gasteiger charge is -2.19. The van der Waals surface area contributed by atoms with Gasteiger partial charge in [0.15, 0.2) is 0 Å². The number of nitrogens with zero attached hydrogens (tertiary/aromatic N) is 3. The van der Waals surface area contributed by atoms with E-state index in [0.717, 1.165) is 23.2 Å². The number of aliphatic imine (C=N–C) groups is 1. The van der Waals surface area contributed by atoms with E-state index in [1.807, 2.05) is 73.6 Å². The number of hydrogen-bond donors (Lipinski definition) is 2. The van der Waals surface area contributed by atoms with Gasteiger partial charge in [-0.25, -0.2) is 0 Å². The molecule has 2 N–H and O–H groups in total. The molecule has 0 radical (unpaired) electrons. The summed E-state index contributed by atoms with van der Waals surface area (Å²) in [5.41, 5.74) is 4.73. The van der Waals surface area contributed by atoms with E-state index < -0.39 is 5.92 Å². The van der Waals surface area contributed by atoms with Crippen LogP contribution in [0.4, 0.5) is 17.1 Å². The average Bonchev–Trinajstić information content (AvgIpc) is 3.29. The largest absolute Gasteiger partial charge is 0.352 e. The Labute approximate surface area is 242 Å². The molecule has 0 aromatic heterocycles. The second-order valence-corrected chi connectivity index (χ2v) is 11.0. The van der Waals surface area contributed by atoms with Crippen molar-refractivity contribution in [2.75, 3.05) is 44.4 Å². The van der Waals surface area contributed by atoms with Crippen LogP contribution in [0.25, 0.3) is 0 Å². The van der Waals surface area contributed by atoms with Gasteiger partial charge in [-0.3, -0.25) is 19.4 Å². The number of nitrogens with one attached hydrogen (secondary N) is 2. The number of fused-ring (bicyclic) bond motifs is 1. The molecule has 1 aliphatic heterocycles. The van der Waals surface area contributed by atoms with Gasteiger partial charge in [0, 0.05) is 43.5 Å². The molecule has 0 bridgehead atoms. The highest BCUT2D eigenvalue weighted by molar-refractivity contribution is 6.24. The molecule has 8 heteroatoms. The van der Waals surface area contributed by atoms with Crippen LogP contribution in [-0.2, 0) is 9.59 Å². The zero-order valence-electron chi connectivity index (χ0n) is 24.5. The molecular formula is C33H39N5O3. The summed E-state index contributed by atoms with van der Waals surface area (Å²) in [5, 5.41) is 5.94. The fourth-order valence-electron chi connectivity index (χ4n) is 4.68. The lowest BCUT2D eigenvalue weighted by molar-refractivity contribution is -0.118. The molecule has 1 unspecified atom stereocenters. The molecule has 0 saturated heterocycles. The summed E-state index contributed by atoms with van der Waals surface area (Å²) in [6.45, 7) is 5.51. The number of rotatable bonds is 11. The first-order chi connectivity index (χ1) is 19.6. The second-order valence-electron chi connectivity index (χ2n) is 11.0. The Morgan fingerprint density at radius 3 is 2.32 bits per heavy atom. The van der Waals surface area contributed by atoms with Crippen LogP contribution in [0.3, 0.4) is 0 Å². The van der Waals surface area contributed by atoms with Gasteiger partial charge in [-0.2, -0.15) is 0 Å². The molecule has 8 nitrogen and oxygen atoms in total. The van der Waals surface area contributed by atoms with Gasteiger partial charge >= 0.3 is 0 Å². The molecule has 1 atom stereocenters. The average molecular weight is 554 g/mol. The summed E-state index contributed by atoms with van der Waals surface area (Å²) >= 11 is 0. The van der Waals surface area contributed by atoms with Crippen molar-refractivity contribution in [1.82, 2.24) is 10.2 Å². The van der Waals surface area contributed by atoms with Gasteiger partial charge in [0.1, 0.15) is 5.92 Å². The van der Waals surface area contributed by atoms with Crippen LogP contribution in [0, 0.1) is 5.92 Å². The van der Waals surface area contributed by atoms with Crippen molar-refractivity contribution in [3.63, 3.8) is 0 Å². The smallest absolute Gasteiger partial charge is 0.251 e. The van der Waals surface area contributed by atoms with E-state index in [2.05, 4.69) is 24.5 Å². The topological polar surface area (TPSA) is 94.1 Å². The number of carbonyl (C=O) groups excluding carboxylic acids is 3. The number of hydrogen-bond acceptors (Lipinski definition) is 5. The maximum Gasteiger partial charge on any atom is 0.251 e. The highest BCUT2D eigenvalue weighted by Crippen LogP contribution is 2.37. The predicted molar refractivity (Wildman–Crippen MR) is 165 cm³/mol. The van der Waals surface area contributed by atoms with E-state index in [0.29, 0.717) is 48.1 Å². The Hall–Kier alpha value is -4.30. The SMILES string of the molecule is CC(C)CCNC(=O)c1ccc2c(c1)C(C(=Nc1ccc(N(C)C(=O)CCN(C)C)cc1)c1ccccc1)C(=O)N2. The maximum absolute atomic E-state index is 13.4. The molecule has 0 fully saturated rings. The molecule has 1 aliphatic rings. The van der Waals surface area contributed by atoms with Gasteiger partial charge in [-0.1, -0.05) is 44.2 Å². The zero-order valence-corrected chi connectivity index (χ0v) is 24.5. The van der Waals surface area contributed by atoms with E-state index >= 15 is 0 Å².